The lowest BCUT2D eigenvalue weighted by molar-refractivity contribution is 0.0938. The van der Waals surface area contributed by atoms with Crippen LogP contribution in [-0.2, 0) is 9.84 Å². The molecule has 0 bridgehead atoms. The zero-order chi connectivity index (χ0) is 13.2. The van der Waals surface area contributed by atoms with Crippen LogP contribution in [0, 0.1) is 0 Å². The highest BCUT2D eigenvalue weighted by molar-refractivity contribution is 7.91. The maximum absolute atomic E-state index is 11.9. The van der Waals surface area contributed by atoms with Crippen molar-refractivity contribution in [1.29, 1.82) is 0 Å². The minimum absolute atomic E-state index is 0.00143. The first kappa shape index (κ1) is 13.3. The summed E-state index contributed by atoms with van der Waals surface area (Å²) < 4.78 is 22.9. The van der Waals surface area contributed by atoms with Crippen molar-refractivity contribution < 1.29 is 13.2 Å². The minimum atomic E-state index is -3.03. The van der Waals surface area contributed by atoms with Gasteiger partial charge in [-0.05, 0) is 18.9 Å². The molecule has 1 unspecified atom stereocenters. The molecule has 0 radical (unpaired) electrons. The molecule has 2 heterocycles. The molecule has 1 N–H and O–H groups in total. The predicted octanol–water partition coefficient (Wildman–Crippen LogP) is 1.04. The third-order valence-corrected chi connectivity index (χ3v) is 4.94. The Morgan fingerprint density at radius 2 is 2.28 bits per heavy atom. The molecule has 1 aromatic heterocycles. The summed E-state index contributed by atoms with van der Waals surface area (Å²) in [5.74, 6) is -0.152. The van der Waals surface area contributed by atoms with Gasteiger partial charge in [-0.15, -0.1) is 0 Å². The summed E-state index contributed by atoms with van der Waals surface area (Å²) >= 11 is 5.85. The SMILES string of the molecule is O=C(NC1CCCS(=O)(=O)C1)c1ccncc1Cl. The van der Waals surface area contributed by atoms with E-state index < -0.39 is 9.84 Å². The number of carbonyl (C=O) groups excluding carboxylic acids is 1. The van der Waals surface area contributed by atoms with Gasteiger partial charge >= 0.3 is 0 Å². The number of carbonyl (C=O) groups is 1. The van der Waals surface area contributed by atoms with Crippen LogP contribution in [0.25, 0.3) is 0 Å². The zero-order valence-corrected chi connectivity index (χ0v) is 11.2. The topological polar surface area (TPSA) is 76.1 Å². The molecule has 1 fully saturated rings. The van der Waals surface area contributed by atoms with Crippen molar-refractivity contribution in [2.45, 2.75) is 18.9 Å². The number of hydrogen-bond acceptors (Lipinski definition) is 4. The molecule has 18 heavy (non-hydrogen) atoms. The van der Waals surface area contributed by atoms with Crippen molar-refractivity contribution in [3.63, 3.8) is 0 Å². The van der Waals surface area contributed by atoms with Gasteiger partial charge in [0.25, 0.3) is 5.91 Å². The molecule has 2 rings (SSSR count). The molecule has 98 valence electrons. The van der Waals surface area contributed by atoms with Gasteiger partial charge < -0.3 is 5.32 Å². The van der Waals surface area contributed by atoms with E-state index in [0.717, 1.165) is 0 Å². The van der Waals surface area contributed by atoms with E-state index in [9.17, 15) is 13.2 Å². The number of hydrogen-bond donors (Lipinski definition) is 1. The molecule has 1 aromatic rings. The van der Waals surface area contributed by atoms with Crippen molar-refractivity contribution in [1.82, 2.24) is 10.3 Å². The first-order chi connectivity index (χ1) is 8.48. The van der Waals surface area contributed by atoms with Gasteiger partial charge in [-0.3, -0.25) is 9.78 Å². The lowest BCUT2D eigenvalue weighted by Gasteiger charge is -2.23. The fourth-order valence-corrected chi connectivity index (χ4v) is 3.80. The number of nitrogens with one attached hydrogen (secondary N) is 1. The Kier molecular flexibility index (Phi) is 3.87. The number of amides is 1. The van der Waals surface area contributed by atoms with Gasteiger partial charge in [0.1, 0.15) is 0 Å². The molecule has 0 saturated carbocycles. The first-order valence-electron chi connectivity index (χ1n) is 5.59. The Morgan fingerprint density at radius 1 is 1.50 bits per heavy atom. The average molecular weight is 289 g/mol. The maximum Gasteiger partial charge on any atom is 0.253 e. The monoisotopic (exact) mass is 288 g/mol. The van der Waals surface area contributed by atoms with Crippen LogP contribution < -0.4 is 5.32 Å². The van der Waals surface area contributed by atoms with Crippen LogP contribution in [-0.4, -0.2) is 36.9 Å². The summed E-state index contributed by atoms with van der Waals surface area (Å²) in [6, 6.07) is 1.18. The Morgan fingerprint density at radius 3 is 2.94 bits per heavy atom. The molecule has 1 amide bonds. The van der Waals surface area contributed by atoms with E-state index in [1.54, 1.807) is 0 Å². The molecular formula is C11H13ClN2O3S. The van der Waals surface area contributed by atoms with Crippen LogP contribution in [0.1, 0.15) is 23.2 Å². The molecule has 1 atom stereocenters. The third kappa shape index (κ3) is 3.20. The lowest BCUT2D eigenvalue weighted by atomic mass is 10.1. The molecule has 0 spiro atoms. The summed E-state index contributed by atoms with van der Waals surface area (Å²) in [6.45, 7) is 0. The standard InChI is InChI=1S/C11H13ClN2O3S/c12-10-6-13-4-3-9(10)11(15)14-8-2-1-5-18(16,17)7-8/h3-4,6,8H,1-2,5,7H2,(H,14,15). The van der Waals surface area contributed by atoms with Gasteiger partial charge in [0.2, 0.25) is 0 Å². The Bertz CT molecular complexity index is 559. The van der Waals surface area contributed by atoms with E-state index in [1.165, 1.54) is 18.5 Å². The molecule has 0 aliphatic carbocycles. The molecule has 5 nitrogen and oxygen atoms in total. The Hall–Kier alpha value is -1.14. The largest absolute Gasteiger partial charge is 0.348 e. The third-order valence-electron chi connectivity index (χ3n) is 2.82. The molecule has 0 aromatic carbocycles. The number of halogens is 1. The van der Waals surface area contributed by atoms with Crippen LogP contribution in [0.5, 0.6) is 0 Å². The molecule has 1 aliphatic rings. The highest BCUT2D eigenvalue weighted by atomic mass is 35.5. The van der Waals surface area contributed by atoms with Crippen molar-refractivity contribution in [3.8, 4) is 0 Å². The number of nitrogens with zero attached hydrogens (tertiary/aromatic N) is 1. The van der Waals surface area contributed by atoms with Gasteiger partial charge in [0.15, 0.2) is 9.84 Å². The second-order valence-corrected chi connectivity index (χ2v) is 6.92. The van der Waals surface area contributed by atoms with E-state index in [-0.39, 0.29) is 28.5 Å². The highest BCUT2D eigenvalue weighted by Gasteiger charge is 2.26. The van der Waals surface area contributed by atoms with Crippen molar-refractivity contribution in [2.24, 2.45) is 0 Å². The van der Waals surface area contributed by atoms with Gasteiger partial charge in [-0.2, -0.15) is 0 Å². The number of aromatic nitrogens is 1. The summed E-state index contributed by atoms with van der Waals surface area (Å²) in [7, 11) is -3.03. The van der Waals surface area contributed by atoms with E-state index in [4.69, 9.17) is 11.6 Å². The van der Waals surface area contributed by atoms with E-state index >= 15 is 0 Å². The van der Waals surface area contributed by atoms with Gasteiger partial charge in [0, 0.05) is 18.4 Å². The summed E-state index contributed by atoms with van der Waals surface area (Å²) in [4.78, 5) is 15.7. The molecule has 7 heteroatoms. The molecule has 1 aliphatic heterocycles. The van der Waals surface area contributed by atoms with Gasteiger partial charge in [0.05, 0.1) is 22.1 Å². The van der Waals surface area contributed by atoms with E-state index in [0.29, 0.717) is 18.4 Å². The number of rotatable bonds is 2. The molecular weight excluding hydrogens is 276 g/mol. The normalized spacial score (nSPS) is 22.4. The maximum atomic E-state index is 11.9. The minimum Gasteiger partial charge on any atom is -0.348 e. The average Bonchev–Trinajstić information content (AvgIpc) is 2.28. The van der Waals surface area contributed by atoms with E-state index in [2.05, 4.69) is 10.3 Å². The fourth-order valence-electron chi connectivity index (χ4n) is 1.96. The summed E-state index contributed by atoms with van der Waals surface area (Å²) in [5, 5.41) is 2.96. The van der Waals surface area contributed by atoms with Crippen molar-refractivity contribution >= 4 is 27.3 Å². The quantitative estimate of drug-likeness (QED) is 0.882. The van der Waals surface area contributed by atoms with E-state index in [1.807, 2.05) is 0 Å². The number of pyridine rings is 1. The number of sulfone groups is 1. The first-order valence-corrected chi connectivity index (χ1v) is 7.79. The van der Waals surface area contributed by atoms with Crippen molar-refractivity contribution in [3.05, 3.63) is 29.0 Å². The van der Waals surface area contributed by atoms with Crippen LogP contribution >= 0.6 is 11.6 Å². The Balaban J connectivity index is 2.06. The summed E-state index contributed by atoms with van der Waals surface area (Å²) in [6.07, 6.45) is 4.11. The van der Waals surface area contributed by atoms with Gasteiger partial charge in [-0.25, -0.2) is 8.42 Å². The van der Waals surface area contributed by atoms with Crippen LogP contribution in [0.2, 0.25) is 5.02 Å². The van der Waals surface area contributed by atoms with Crippen molar-refractivity contribution in [2.75, 3.05) is 11.5 Å². The fraction of sp³-hybridized carbons (Fsp3) is 0.455. The smallest absolute Gasteiger partial charge is 0.253 e. The lowest BCUT2D eigenvalue weighted by Crippen LogP contribution is -2.43. The second kappa shape index (κ2) is 5.24. The van der Waals surface area contributed by atoms with Crippen LogP contribution in [0.3, 0.4) is 0 Å². The Labute approximate surface area is 110 Å². The molecule has 1 saturated heterocycles. The predicted molar refractivity (Wildman–Crippen MR) is 68.4 cm³/mol. The van der Waals surface area contributed by atoms with Gasteiger partial charge in [-0.1, -0.05) is 11.6 Å². The zero-order valence-electron chi connectivity index (χ0n) is 9.60. The highest BCUT2D eigenvalue weighted by Crippen LogP contribution is 2.16. The van der Waals surface area contributed by atoms with Crippen LogP contribution in [0.15, 0.2) is 18.5 Å². The summed E-state index contributed by atoms with van der Waals surface area (Å²) in [5.41, 5.74) is 0.314. The van der Waals surface area contributed by atoms with Crippen LogP contribution in [0.4, 0.5) is 0 Å². The second-order valence-electron chi connectivity index (χ2n) is 4.28.